The summed E-state index contributed by atoms with van der Waals surface area (Å²) in [6, 6.07) is 0.128. The molecule has 1 saturated heterocycles. The molecule has 0 aromatic heterocycles. The lowest BCUT2D eigenvalue weighted by molar-refractivity contribution is -0.0752. The van der Waals surface area contributed by atoms with E-state index in [-0.39, 0.29) is 18.4 Å². The van der Waals surface area contributed by atoms with Gasteiger partial charge in [0.05, 0.1) is 0 Å². The maximum atomic E-state index is 12.2. The molecular weight excluding hydrogens is 234 g/mol. The van der Waals surface area contributed by atoms with Gasteiger partial charge in [-0.3, -0.25) is 4.90 Å². The maximum absolute atomic E-state index is 12.2. The first kappa shape index (κ1) is 15.2. The number of carbonyl (C=O) groups is 1. The van der Waals surface area contributed by atoms with Crippen molar-refractivity contribution in [3.05, 3.63) is 0 Å². The van der Waals surface area contributed by atoms with Crippen molar-refractivity contribution in [2.45, 2.75) is 58.4 Å². The summed E-state index contributed by atoms with van der Waals surface area (Å²) >= 11 is 0. The molecule has 1 aliphatic rings. The van der Waals surface area contributed by atoms with Gasteiger partial charge in [-0.1, -0.05) is 0 Å². The van der Waals surface area contributed by atoms with Crippen molar-refractivity contribution in [3.8, 4) is 0 Å². The number of nitrogens with zero attached hydrogens (tertiary/aromatic N) is 1. The van der Waals surface area contributed by atoms with Crippen LogP contribution >= 0.6 is 0 Å². The molecule has 0 bridgehead atoms. The number of methoxy groups -OCH3 is 1. The van der Waals surface area contributed by atoms with Crippen molar-refractivity contribution in [2.75, 3.05) is 20.3 Å². The topological polar surface area (TPSA) is 48.0 Å². The van der Waals surface area contributed by atoms with Crippen LogP contribution in [0.25, 0.3) is 0 Å². The number of hydrogen-bond acceptors (Lipinski definition) is 4. The third kappa shape index (κ3) is 4.46. The first-order valence-corrected chi connectivity index (χ1v) is 6.47. The molecule has 0 aromatic carbocycles. The molecule has 106 valence electrons. The van der Waals surface area contributed by atoms with E-state index in [1.807, 2.05) is 27.7 Å². The summed E-state index contributed by atoms with van der Waals surface area (Å²) in [7, 11) is 1.60. The Morgan fingerprint density at radius 2 is 1.89 bits per heavy atom. The normalized spacial score (nSPS) is 19.4. The third-order valence-corrected chi connectivity index (χ3v) is 2.92. The molecule has 1 aliphatic heterocycles. The Morgan fingerprint density at radius 1 is 1.33 bits per heavy atom. The monoisotopic (exact) mass is 259 g/mol. The number of hydrogen-bond donors (Lipinski definition) is 0. The van der Waals surface area contributed by atoms with Gasteiger partial charge in [0.15, 0.2) is 0 Å². The Kier molecular flexibility index (Phi) is 5.41. The van der Waals surface area contributed by atoms with Gasteiger partial charge in [0.25, 0.3) is 0 Å². The smallest absolute Gasteiger partial charge is 0.412 e. The van der Waals surface area contributed by atoms with E-state index in [0.717, 1.165) is 12.8 Å². The molecule has 1 rings (SSSR count). The minimum Gasteiger partial charge on any atom is -0.444 e. The molecule has 0 saturated carbocycles. The van der Waals surface area contributed by atoms with E-state index in [4.69, 9.17) is 14.2 Å². The molecule has 1 unspecified atom stereocenters. The molecular formula is C13H25NO4. The summed E-state index contributed by atoms with van der Waals surface area (Å²) in [6.45, 7) is 8.82. The van der Waals surface area contributed by atoms with Crippen LogP contribution in [0.15, 0.2) is 0 Å². The first-order valence-electron chi connectivity index (χ1n) is 6.47. The molecule has 5 nitrogen and oxygen atoms in total. The van der Waals surface area contributed by atoms with E-state index in [1.54, 1.807) is 12.0 Å². The second kappa shape index (κ2) is 6.38. The van der Waals surface area contributed by atoms with Crippen LogP contribution in [0.1, 0.15) is 40.5 Å². The third-order valence-electron chi connectivity index (χ3n) is 2.92. The number of ether oxygens (including phenoxy) is 3. The minimum absolute atomic E-state index is 0.128. The highest BCUT2D eigenvalue weighted by molar-refractivity contribution is 5.68. The fourth-order valence-electron chi connectivity index (χ4n) is 1.99. The predicted molar refractivity (Wildman–Crippen MR) is 68.4 cm³/mol. The SMILES string of the molecule is COC(C)N(C(=O)OC(C)(C)C)C1CCOCC1. The summed E-state index contributed by atoms with van der Waals surface area (Å²) in [4.78, 5) is 13.9. The van der Waals surface area contributed by atoms with Crippen LogP contribution in [-0.4, -0.2) is 49.2 Å². The average Bonchev–Trinajstić information content (AvgIpc) is 2.28. The van der Waals surface area contributed by atoms with Crippen molar-refractivity contribution < 1.29 is 19.0 Å². The molecule has 5 heteroatoms. The maximum Gasteiger partial charge on any atom is 0.412 e. The molecule has 0 spiro atoms. The molecule has 18 heavy (non-hydrogen) atoms. The van der Waals surface area contributed by atoms with Crippen LogP contribution in [0.4, 0.5) is 4.79 Å². The van der Waals surface area contributed by atoms with Gasteiger partial charge in [-0.25, -0.2) is 4.79 Å². The number of carbonyl (C=O) groups excluding carboxylic acids is 1. The lowest BCUT2D eigenvalue weighted by atomic mass is 10.1. The predicted octanol–water partition coefficient (Wildman–Crippen LogP) is 2.39. The Balaban J connectivity index is 2.73. The van der Waals surface area contributed by atoms with Crippen LogP contribution in [0, 0.1) is 0 Å². The number of amides is 1. The quantitative estimate of drug-likeness (QED) is 0.730. The number of rotatable bonds is 3. The van der Waals surface area contributed by atoms with E-state index >= 15 is 0 Å². The highest BCUT2D eigenvalue weighted by Gasteiger charge is 2.33. The van der Waals surface area contributed by atoms with Crippen molar-refractivity contribution in [2.24, 2.45) is 0 Å². The Bertz CT molecular complexity index is 269. The van der Waals surface area contributed by atoms with Gasteiger partial charge in [-0.05, 0) is 40.5 Å². The van der Waals surface area contributed by atoms with Gasteiger partial charge < -0.3 is 14.2 Å². The van der Waals surface area contributed by atoms with Crippen LogP contribution in [0.2, 0.25) is 0 Å². The fourth-order valence-corrected chi connectivity index (χ4v) is 1.99. The van der Waals surface area contributed by atoms with E-state index < -0.39 is 5.60 Å². The molecule has 0 radical (unpaired) electrons. The van der Waals surface area contributed by atoms with Crippen molar-refractivity contribution in [3.63, 3.8) is 0 Å². The van der Waals surface area contributed by atoms with Crippen LogP contribution in [-0.2, 0) is 14.2 Å². The Labute approximate surface area is 109 Å². The van der Waals surface area contributed by atoms with E-state index in [0.29, 0.717) is 13.2 Å². The summed E-state index contributed by atoms with van der Waals surface area (Å²) in [6.07, 6.45) is 1.05. The highest BCUT2D eigenvalue weighted by atomic mass is 16.6. The summed E-state index contributed by atoms with van der Waals surface area (Å²) in [5, 5.41) is 0. The van der Waals surface area contributed by atoms with Crippen molar-refractivity contribution >= 4 is 6.09 Å². The molecule has 0 aromatic rings. The average molecular weight is 259 g/mol. The molecule has 0 aliphatic carbocycles. The zero-order valence-electron chi connectivity index (χ0n) is 12.1. The van der Waals surface area contributed by atoms with E-state index in [9.17, 15) is 4.79 Å². The van der Waals surface area contributed by atoms with Gasteiger partial charge in [-0.2, -0.15) is 0 Å². The van der Waals surface area contributed by atoms with Gasteiger partial charge in [0.2, 0.25) is 0 Å². The summed E-state index contributed by atoms with van der Waals surface area (Å²) in [5.74, 6) is 0. The van der Waals surface area contributed by atoms with E-state index in [2.05, 4.69) is 0 Å². The second-order valence-electron chi connectivity index (χ2n) is 5.57. The molecule has 1 fully saturated rings. The molecule has 1 amide bonds. The zero-order valence-corrected chi connectivity index (χ0v) is 12.1. The minimum atomic E-state index is -0.492. The fraction of sp³-hybridized carbons (Fsp3) is 0.923. The standard InChI is InChI=1S/C13H25NO4/c1-10(16-5)14(11-6-8-17-9-7-11)12(15)18-13(2,3)4/h10-11H,6-9H2,1-5H3. The van der Waals surface area contributed by atoms with Crippen LogP contribution < -0.4 is 0 Å². The Morgan fingerprint density at radius 3 is 2.33 bits per heavy atom. The van der Waals surface area contributed by atoms with E-state index in [1.165, 1.54) is 0 Å². The van der Waals surface area contributed by atoms with Gasteiger partial charge >= 0.3 is 6.09 Å². The Hall–Kier alpha value is -0.810. The van der Waals surface area contributed by atoms with Crippen molar-refractivity contribution in [1.82, 2.24) is 4.90 Å². The largest absolute Gasteiger partial charge is 0.444 e. The van der Waals surface area contributed by atoms with Crippen molar-refractivity contribution in [1.29, 1.82) is 0 Å². The van der Waals surface area contributed by atoms with Gasteiger partial charge in [-0.15, -0.1) is 0 Å². The molecule has 1 atom stereocenters. The first-order chi connectivity index (χ1) is 8.35. The summed E-state index contributed by atoms with van der Waals surface area (Å²) < 4.78 is 16.1. The zero-order chi connectivity index (χ0) is 13.8. The van der Waals surface area contributed by atoms with Gasteiger partial charge in [0, 0.05) is 26.4 Å². The van der Waals surface area contributed by atoms with Gasteiger partial charge in [0.1, 0.15) is 11.8 Å². The highest BCUT2D eigenvalue weighted by Crippen LogP contribution is 2.21. The summed E-state index contributed by atoms with van der Waals surface area (Å²) in [5.41, 5.74) is -0.492. The molecule has 1 heterocycles. The lowest BCUT2D eigenvalue weighted by Crippen LogP contribution is -2.50. The lowest BCUT2D eigenvalue weighted by Gasteiger charge is -2.38. The van der Waals surface area contributed by atoms with Crippen LogP contribution in [0.3, 0.4) is 0 Å². The second-order valence-corrected chi connectivity index (χ2v) is 5.57. The molecule has 0 N–H and O–H groups in total. The van der Waals surface area contributed by atoms with Crippen LogP contribution in [0.5, 0.6) is 0 Å².